The van der Waals surface area contributed by atoms with Crippen molar-refractivity contribution in [1.82, 2.24) is 5.32 Å². The first kappa shape index (κ1) is 14.7. The predicted molar refractivity (Wildman–Crippen MR) is 73.4 cm³/mol. The molecule has 0 amide bonds. The van der Waals surface area contributed by atoms with Crippen molar-refractivity contribution in [3.8, 4) is 0 Å². The molecule has 2 atom stereocenters. The molecule has 0 aliphatic heterocycles. The smallest absolute Gasteiger partial charge is 0.323 e. The van der Waals surface area contributed by atoms with E-state index in [4.69, 9.17) is 4.74 Å². The largest absolute Gasteiger partial charge is 0.465 e. The Kier molecular flexibility index (Phi) is 5.86. The van der Waals surface area contributed by atoms with Gasteiger partial charge < -0.3 is 4.74 Å². The molecule has 1 aromatic rings. The van der Waals surface area contributed by atoms with Crippen molar-refractivity contribution in [3.63, 3.8) is 0 Å². The maximum Gasteiger partial charge on any atom is 0.323 e. The van der Waals surface area contributed by atoms with Crippen LogP contribution < -0.4 is 5.32 Å². The Morgan fingerprint density at radius 1 is 1.33 bits per heavy atom. The molecule has 1 rings (SSSR count). The summed E-state index contributed by atoms with van der Waals surface area (Å²) in [5.41, 5.74) is 2.46. The van der Waals surface area contributed by atoms with Gasteiger partial charge in [0.05, 0.1) is 6.61 Å². The highest BCUT2D eigenvalue weighted by molar-refractivity contribution is 5.75. The summed E-state index contributed by atoms with van der Waals surface area (Å²) in [6.07, 6.45) is 0.731. The summed E-state index contributed by atoms with van der Waals surface area (Å²) >= 11 is 0. The molecule has 3 nitrogen and oxygen atoms in total. The lowest BCUT2D eigenvalue weighted by molar-refractivity contribution is -0.146. The molecule has 0 saturated carbocycles. The highest BCUT2D eigenvalue weighted by Crippen LogP contribution is 2.17. The summed E-state index contributed by atoms with van der Waals surface area (Å²) in [7, 11) is 0. The van der Waals surface area contributed by atoms with Crippen molar-refractivity contribution in [1.29, 1.82) is 0 Å². The maximum atomic E-state index is 11.7. The van der Waals surface area contributed by atoms with Crippen LogP contribution in [0.3, 0.4) is 0 Å². The van der Waals surface area contributed by atoms with Crippen LogP contribution in [0, 0.1) is 6.92 Å². The predicted octanol–water partition coefficient (Wildman–Crippen LogP) is 2.99. The molecule has 1 aromatic carbocycles. The van der Waals surface area contributed by atoms with E-state index in [2.05, 4.69) is 31.3 Å². The lowest BCUT2D eigenvalue weighted by atomic mass is 10.0. The van der Waals surface area contributed by atoms with Crippen molar-refractivity contribution in [2.24, 2.45) is 0 Å². The van der Waals surface area contributed by atoms with E-state index in [1.54, 1.807) is 0 Å². The minimum atomic E-state index is -0.237. The summed E-state index contributed by atoms with van der Waals surface area (Å²) in [5.74, 6) is -0.166. The number of hydrogen-bond acceptors (Lipinski definition) is 3. The van der Waals surface area contributed by atoms with Gasteiger partial charge in [0.2, 0.25) is 0 Å². The van der Waals surface area contributed by atoms with Gasteiger partial charge in [-0.05, 0) is 38.3 Å². The number of rotatable bonds is 6. The third kappa shape index (κ3) is 3.84. The first-order chi connectivity index (χ1) is 8.60. The van der Waals surface area contributed by atoms with Crippen molar-refractivity contribution in [2.75, 3.05) is 6.61 Å². The minimum absolute atomic E-state index is 0.139. The average molecular weight is 249 g/mol. The van der Waals surface area contributed by atoms with Gasteiger partial charge in [-0.2, -0.15) is 0 Å². The van der Waals surface area contributed by atoms with E-state index < -0.39 is 0 Å². The Morgan fingerprint density at radius 3 is 2.56 bits per heavy atom. The highest BCUT2D eigenvalue weighted by Gasteiger charge is 2.20. The zero-order chi connectivity index (χ0) is 13.5. The molecule has 100 valence electrons. The zero-order valence-corrected chi connectivity index (χ0v) is 11.7. The number of carbonyl (C=O) groups is 1. The zero-order valence-electron chi connectivity index (χ0n) is 11.7. The molecule has 0 heterocycles. The monoisotopic (exact) mass is 249 g/mol. The Hall–Kier alpha value is -1.35. The van der Waals surface area contributed by atoms with Gasteiger partial charge in [-0.1, -0.05) is 31.2 Å². The molecule has 0 aliphatic rings. The van der Waals surface area contributed by atoms with Gasteiger partial charge in [0.25, 0.3) is 0 Å². The molecule has 1 unspecified atom stereocenters. The van der Waals surface area contributed by atoms with Crippen LogP contribution in [0.2, 0.25) is 0 Å². The summed E-state index contributed by atoms with van der Waals surface area (Å²) in [6.45, 7) is 8.40. The Bertz CT molecular complexity index is 390. The molecule has 0 saturated heterocycles. The molecule has 18 heavy (non-hydrogen) atoms. The van der Waals surface area contributed by atoms with Crippen molar-refractivity contribution >= 4 is 5.97 Å². The number of aryl methyl sites for hydroxylation is 1. The Morgan fingerprint density at radius 2 is 2.00 bits per heavy atom. The van der Waals surface area contributed by atoms with Gasteiger partial charge in [-0.25, -0.2) is 0 Å². The van der Waals surface area contributed by atoms with Gasteiger partial charge >= 0.3 is 5.97 Å². The number of benzene rings is 1. The summed E-state index contributed by atoms with van der Waals surface area (Å²) < 4.78 is 5.06. The first-order valence-electron chi connectivity index (χ1n) is 6.58. The van der Waals surface area contributed by atoms with Gasteiger partial charge in [-0.3, -0.25) is 10.1 Å². The second kappa shape index (κ2) is 7.17. The van der Waals surface area contributed by atoms with E-state index >= 15 is 0 Å². The van der Waals surface area contributed by atoms with E-state index in [1.165, 1.54) is 11.1 Å². The molecule has 0 spiro atoms. The second-order valence-electron chi connectivity index (χ2n) is 4.46. The van der Waals surface area contributed by atoms with Crippen LogP contribution in [0.4, 0.5) is 0 Å². The molecular weight excluding hydrogens is 226 g/mol. The van der Waals surface area contributed by atoms with E-state index in [-0.39, 0.29) is 18.1 Å². The van der Waals surface area contributed by atoms with Gasteiger partial charge in [0.1, 0.15) is 6.04 Å². The van der Waals surface area contributed by atoms with Crippen LogP contribution >= 0.6 is 0 Å². The van der Waals surface area contributed by atoms with E-state index in [0.717, 1.165) is 6.42 Å². The SMILES string of the molecule is CCOC(=O)C(CC)N[C@@H](C)c1ccccc1C. The maximum absolute atomic E-state index is 11.7. The lowest BCUT2D eigenvalue weighted by Crippen LogP contribution is -2.39. The second-order valence-corrected chi connectivity index (χ2v) is 4.46. The Labute approximate surface area is 110 Å². The van der Waals surface area contributed by atoms with E-state index in [0.29, 0.717) is 6.61 Å². The molecule has 0 aromatic heterocycles. The van der Waals surface area contributed by atoms with Gasteiger partial charge in [-0.15, -0.1) is 0 Å². The van der Waals surface area contributed by atoms with Crippen LogP contribution in [0.1, 0.15) is 44.4 Å². The molecule has 0 radical (unpaired) electrons. The topological polar surface area (TPSA) is 38.3 Å². The van der Waals surface area contributed by atoms with Gasteiger partial charge in [0.15, 0.2) is 0 Å². The summed E-state index contributed by atoms with van der Waals surface area (Å²) in [4.78, 5) is 11.7. The summed E-state index contributed by atoms with van der Waals surface area (Å²) in [6, 6.07) is 8.11. The fraction of sp³-hybridized carbons (Fsp3) is 0.533. The Balaban J connectivity index is 2.70. The van der Waals surface area contributed by atoms with Crippen LogP contribution in [0.25, 0.3) is 0 Å². The fourth-order valence-electron chi connectivity index (χ4n) is 2.06. The first-order valence-corrected chi connectivity index (χ1v) is 6.58. The van der Waals surface area contributed by atoms with Crippen LogP contribution in [-0.2, 0) is 9.53 Å². The number of nitrogens with one attached hydrogen (secondary N) is 1. The summed E-state index contributed by atoms with van der Waals surface area (Å²) in [5, 5.41) is 3.33. The number of hydrogen-bond donors (Lipinski definition) is 1. The number of carbonyl (C=O) groups excluding carboxylic acids is 1. The standard InChI is InChI=1S/C15H23NO2/c1-5-14(15(17)18-6-2)16-12(4)13-10-8-7-9-11(13)3/h7-10,12,14,16H,5-6H2,1-4H3/t12-,14?/m0/s1. The molecule has 0 fully saturated rings. The van der Waals surface area contributed by atoms with Crippen LogP contribution in [0.5, 0.6) is 0 Å². The normalized spacial score (nSPS) is 14.0. The third-order valence-electron chi connectivity index (χ3n) is 3.09. The molecule has 0 aliphatic carbocycles. The molecule has 0 bridgehead atoms. The number of esters is 1. The lowest BCUT2D eigenvalue weighted by Gasteiger charge is -2.22. The fourth-order valence-corrected chi connectivity index (χ4v) is 2.06. The third-order valence-corrected chi connectivity index (χ3v) is 3.09. The molecule has 3 heteroatoms. The average Bonchev–Trinajstić information content (AvgIpc) is 2.36. The molecule has 1 N–H and O–H groups in total. The van der Waals surface area contributed by atoms with E-state index in [1.807, 2.05) is 26.0 Å². The highest BCUT2D eigenvalue weighted by atomic mass is 16.5. The van der Waals surface area contributed by atoms with Crippen LogP contribution in [0.15, 0.2) is 24.3 Å². The molecular formula is C15H23NO2. The quantitative estimate of drug-likeness (QED) is 0.788. The van der Waals surface area contributed by atoms with Crippen molar-refractivity contribution in [2.45, 2.75) is 46.2 Å². The van der Waals surface area contributed by atoms with Crippen LogP contribution in [-0.4, -0.2) is 18.6 Å². The van der Waals surface area contributed by atoms with Gasteiger partial charge in [0, 0.05) is 6.04 Å². The van der Waals surface area contributed by atoms with Crippen molar-refractivity contribution < 1.29 is 9.53 Å². The van der Waals surface area contributed by atoms with Crippen molar-refractivity contribution in [3.05, 3.63) is 35.4 Å². The number of ether oxygens (including phenoxy) is 1. The van der Waals surface area contributed by atoms with E-state index in [9.17, 15) is 4.79 Å². The minimum Gasteiger partial charge on any atom is -0.465 e.